The van der Waals surface area contributed by atoms with Gasteiger partial charge >= 0.3 is 0 Å². The summed E-state index contributed by atoms with van der Waals surface area (Å²) in [6, 6.07) is 0.349. The molecule has 1 aliphatic rings. The SMILES string of the molecule is CN(C1CCNC1)S(=O)(=O)c1c(F)cc(F)cc1F.Cl. The van der Waals surface area contributed by atoms with Crippen molar-refractivity contribution in [3.63, 3.8) is 0 Å². The average molecular weight is 331 g/mol. The summed E-state index contributed by atoms with van der Waals surface area (Å²) in [4.78, 5) is -1.11. The maximum absolute atomic E-state index is 13.6. The fourth-order valence-corrected chi connectivity index (χ4v) is 3.54. The number of nitrogens with one attached hydrogen (secondary N) is 1. The summed E-state index contributed by atoms with van der Waals surface area (Å²) in [5, 5.41) is 2.96. The van der Waals surface area contributed by atoms with E-state index in [0.717, 1.165) is 4.31 Å². The van der Waals surface area contributed by atoms with Crippen molar-refractivity contribution in [3.05, 3.63) is 29.6 Å². The van der Waals surface area contributed by atoms with Crippen LogP contribution in [0.2, 0.25) is 0 Å². The second-order valence-corrected chi connectivity index (χ2v) is 6.30. The Bertz CT molecular complexity index is 568. The molecule has 1 heterocycles. The minimum atomic E-state index is -4.32. The Morgan fingerprint density at radius 2 is 1.80 bits per heavy atom. The molecule has 114 valence electrons. The molecule has 0 aromatic heterocycles. The Morgan fingerprint density at radius 1 is 1.25 bits per heavy atom. The van der Waals surface area contributed by atoms with Gasteiger partial charge in [0.2, 0.25) is 10.0 Å². The molecule has 1 unspecified atom stereocenters. The maximum Gasteiger partial charge on any atom is 0.248 e. The molecule has 0 spiro atoms. The van der Waals surface area contributed by atoms with Crippen LogP contribution in [-0.4, -0.2) is 38.9 Å². The van der Waals surface area contributed by atoms with Crippen LogP contribution in [0.1, 0.15) is 6.42 Å². The average Bonchev–Trinajstić information content (AvgIpc) is 2.78. The van der Waals surface area contributed by atoms with Gasteiger partial charge in [0.1, 0.15) is 17.5 Å². The summed E-state index contributed by atoms with van der Waals surface area (Å²) in [6.45, 7) is 1.05. The predicted molar refractivity (Wildman–Crippen MR) is 69.8 cm³/mol. The van der Waals surface area contributed by atoms with Crippen LogP contribution in [0.4, 0.5) is 13.2 Å². The third kappa shape index (κ3) is 3.08. The van der Waals surface area contributed by atoms with E-state index in [2.05, 4.69) is 5.32 Å². The molecule has 1 aromatic rings. The van der Waals surface area contributed by atoms with Gasteiger partial charge in [-0.05, 0) is 13.0 Å². The lowest BCUT2D eigenvalue weighted by atomic mass is 10.3. The lowest BCUT2D eigenvalue weighted by Gasteiger charge is -2.23. The topological polar surface area (TPSA) is 49.4 Å². The highest BCUT2D eigenvalue weighted by molar-refractivity contribution is 7.89. The summed E-state index contributed by atoms with van der Waals surface area (Å²) in [6.07, 6.45) is 0.556. The zero-order valence-electron chi connectivity index (χ0n) is 10.6. The molecule has 1 aliphatic heterocycles. The van der Waals surface area contributed by atoms with E-state index in [9.17, 15) is 21.6 Å². The number of nitrogens with zero attached hydrogens (tertiary/aromatic N) is 1. The highest BCUT2D eigenvalue weighted by Crippen LogP contribution is 2.25. The molecule has 1 saturated heterocycles. The predicted octanol–water partition coefficient (Wildman–Crippen LogP) is 1.51. The fraction of sp³-hybridized carbons (Fsp3) is 0.455. The van der Waals surface area contributed by atoms with E-state index in [1.54, 1.807) is 0 Å². The van der Waals surface area contributed by atoms with Crippen molar-refractivity contribution in [2.45, 2.75) is 17.4 Å². The molecule has 9 heteroatoms. The van der Waals surface area contributed by atoms with Gasteiger partial charge in [-0.1, -0.05) is 0 Å². The number of hydrogen-bond donors (Lipinski definition) is 1. The van der Waals surface area contributed by atoms with Crippen LogP contribution >= 0.6 is 12.4 Å². The molecule has 0 radical (unpaired) electrons. The smallest absolute Gasteiger partial charge is 0.248 e. The molecule has 0 saturated carbocycles. The van der Waals surface area contributed by atoms with E-state index in [1.165, 1.54) is 7.05 Å². The number of sulfonamides is 1. The van der Waals surface area contributed by atoms with E-state index < -0.39 is 32.4 Å². The van der Waals surface area contributed by atoms with Crippen molar-refractivity contribution < 1.29 is 21.6 Å². The van der Waals surface area contributed by atoms with Crippen molar-refractivity contribution in [1.29, 1.82) is 0 Å². The molecule has 2 rings (SSSR count). The second-order valence-electron chi connectivity index (χ2n) is 4.37. The third-order valence-corrected chi connectivity index (χ3v) is 5.11. The summed E-state index contributed by atoms with van der Waals surface area (Å²) >= 11 is 0. The van der Waals surface area contributed by atoms with Crippen LogP contribution in [0.25, 0.3) is 0 Å². The first-order valence-corrected chi connectivity index (χ1v) is 7.11. The van der Waals surface area contributed by atoms with E-state index in [0.29, 0.717) is 31.6 Å². The molecule has 1 fully saturated rings. The lowest BCUT2D eigenvalue weighted by molar-refractivity contribution is 0.380. The van der Waals surface area contributed by atoms with E-state index in [4.69, 9.17) is 0 Å². The summed E-state index contributed by atoms with van der Waals surface area (Å²) in [5.41, 5.74) is 0. The quantitative estimate of drug-likeness (QED) is 0.914. The Hall–Kier alpha value is -0.830. The molecule has 0 aliphatic carbocycles. The molecular formula is C11H14ClF3N2O2S. The van der Waals surface area contributed by atoms with Crippen LogP contribution in [0, 0.1) is 17.5 Å². The van der Waals surface area contributed by atoms with Gasteiger partial charge in [0.05, 0.1) is 0 Å². The van der Waals surface area contributed by atoms with Gasteiger partial charge < -0.3 is 5.32 Å². The second kappa shape index (κ2) is 6.30. The Kier molecular flexibility index (Phi) is 5.42. The van der Waals surface area contributed by atoms with Gasteiger partial charge in [0, 0.05) is 31.8 Å². The first-order chi connectivity index (χ1) is 8.84. The zero-order chi connectivity index (χ0) is 14.2. The fourth-order valence-electron chi connectivity index (χ4n) is 2.07. The first-order valence-electron chi connectivity index (χ1n) is 5.67. The van der Waals surface area contributed by atoms with Gasteiger partial charge in [-0.15, -0.1) is 12.4 Å². The summed E-state index contributed by atoms with van der Waals surface area (Å²) in [7, 11) is -3.06. The van der Waals surface area contributed by atoms with Crippen LogP contribution in [0.5, 0.6) is 0 Å². The first kappa shape index (κ1) is 17.2. The number of rotatable bonds is 3. The number of halogens is 4. The number of likely N-dealkylation sites (N-methyl/N-ethyl adjacent to an activating group) is 1. The van der Waals surface area contributed by atoms with Crippen molar-refractivity contribution in [2.75, 3.05) is 20.1 Å². The number of benzene rings is 1. The van der Waals surface area contributed by atoms with Crippen LogP contribution < -0.4 is 5.32 Å². The van der Waals surface area contributed by atoms with Gasteiger partial charge in [-0.3, -0.25) is 0 Å². The summed E-state index contributed by atoms with van der Waals surface area (Å²) < 4.78 is 65.2. The minimum Gasteiger partial charge on any atom is -0.315 e. The van der Waals surface area contributed by atoms with Crippen molar-refractivity contribution in [2.24, 2.45) is 0 Å². The molecule has 1 atom stereocenters. The molecule has 0 bridgehead atoms. The highest BCUT2D eigenvalue weighted by atomic mass is 35.5. The summed E-state index contributed by atoms with van der Waals surface area (Å²) in [5.74, 6) is -4.00. The van der Waals surface area contributed by atoms with Crippen molar-refractivity contribution in [1.82, 2.24) is 9.62 Å². The largest absolute Gasteiger partial charge is 0.315 e. The highest BCUT2D eigenvalue weighted by Gasteiger charge is 2.34. The zero-order valence-corrected chi connectivity index (χ0v) is 12.2. The van der Waals surface area contributed by atoms with Gasteiger partial charge in [-0.25, -0.2) is 21.6 Å². The van der Waals surface area contributed by atoms with Gasteiger partial charge in [0.25, 0.3) is 0 Å². The van der Waals surface area contributed by atoms with Crippen LogP contribution in [0.3, 0.4) is 0 Å². The van der Waals surface area contributed by atoms with Gasteiger partial charge in [-0.2, -0.15) is 4.31 Å². The van der Waals surface area contributed by atoms with Crippen LogP contribution in [-0.2, 0) is 10.0 Å². The molecule has 20 heavy (non-hydrogen) atoms. The molecule has 4 nitrogen and oxygen atoms in total. The van der Waals surface area contributed by atoms with E-state index >= 15 is 0 Å². The van der Waals surface area contributed by atoms with Crippen LogP contribution in [0.15, 0.2) is 17.0 Å². The van der Waals surface area contributed by atoms with E-state index in [1.807, 2.05) is 0 Å². The molecule has 1 aromatic carbocycles. The Labute approximate surface area is 121 Å². The van der Waals surface area contributed by atoms with Gasteiger partial charge in [0.15, 0.2) is 4.90 Å². The monoisotopic (exact) mass is 330 g/mol. The molecular weight excluding hydrogens is 317 g/mol. The standard InChI is InChI=1S/C11H13F3N2O2S.ClH/c1-16(8-2-3-15-6-8)19(17,18)11-9(13)4-7(12)5-10(11)14;/h4-5,8,15H,2-3,6H2,1H3;1H. The Morgan fingerprint density at radius 3 is 2.25 bits per heavy atom. The minimum absolute atomic E-state index is 0. The number of hydrogen-bond acceptors (Lipinski definition) is 3. The Balaban J connectivity index is 0.00000200. The molecule has 1 N–H and O–H groups in total. The maximum atomic E-state index is 13.6. The third-order valence-electron chi connectivity index (χ3n) is 3.15. The molecule has 0 amide bonds. The van der Waals surface area contributed by atoms with E-state index in [-0.39, 0.29) is 18.4 Å². The van der Waals surface area contributed by atoms with Crippen molar-refractivity contribution in [3.8, 4) is 0 Å². The lowest BCUT2D eigenvalue weighted by Crippen LogP contribution is -2.39. The normalized spacial score (nSPS) is 19.1. The van der Waals surface area contributed by atoms with Crippen molar-refractivity contribution >= 4 is 22.4 Å².